The van der Waals surface area contributed by atoms with E-state index in [1.165, 1.54) is 0 Å². The first-order valence-electron chi connectivity index (χ1n) is 3.58. The second-order valence-corrected chi connectivity index (χ2v) is 8.09. The van der Waals surface area contributed by atoms with Crippen molar-refractivity contribution >= 4 is 81.7 Å². The topological polar surface area (TPSA) is 37.3 Å². The molecule has 0 aliphatic rings. The number of carboxylic acid groups (broad SMARTS) is 1. The molecule has 2 nitrogen and oxygen atoms in total. The Morgan fingerprint density at radius 1 is 1.14 bits per heavy atom. The van der Waals surface area contributed by atoms with Crippen LogP contribution in [0.1, 0.15) is 13.3 Å². The second-order valence-electron chi connectivity index (χ2n) is 2.82. The summed E-state index contributed by atoms with van der Waals surface area (Å²) in [6.07, 6.45) is 0.461. The molecule has 0 aromatic carbocycles. The average molecular weight is 309 g/mol. The summed E-state index contributed by atoms with van der Waals surface area (Å²) in [6.45, 7) is 1.79. The van der Waals surface area contributed by atoms with Crippen LogP contribution in [0.3, 0.4) is 0 Å². The van der Waals surface area contributed by atoms with Crippen molar-refractivity contribution in [2.75, 3.05) is 0 Å². The Morgan fingerprint density at radius 3 is 1.71 bits per heavy atom. The normalized spacial score (nSPS) is 14.2. The number of carboxylic acids is 1. The largest absolute Gasteiger partial charge is 0.480 e. The van der Waals surface area contributed by atoms with Gasteiger partial charge in [-0.25, -0.2) is 4.79 Å². The van der Waals surface area contributed by atoms with Gasteiger partial charge in [0, 0.05) is 0 Å². The minimum absolute atomic E-state index is 0.461. The lowest BCUT2D eigenvalue weighted by Gasteiger charge is -2.44. The Labute approximate surface area is 116 Å². The molecule has 0 saturated heterocycles. The number of carbonyl (C=O) groups is 1. The molecule has 0 saturated carbocycles. The van der Waals surface area contributed by atoms with Crippen molar-refractivity contribution in [1.29, 1.82) is 0 Å². The van der Waals surface area contributed by atoms with Crippen LogP contribution in [0, 0.1) is 0 Å². The first-order chi connectivity index (χ1) is 6.00. The van der Waals surface area contributed by atoms with Crippen LogP contribution in [-0.2, 0) is 4.79 Å². The lowest BCUT2D eigenvalue weighted by Crippen LogP contribution is -2.54. The molecule has 1 N–H and O–H groups in total. The summed E-state index contributed by atoms with van der Waals surface area (Å²) >= 11 is 24.5. The Balaban J connectivity index is 5.24. The molecule has 0 spiro atoms. The van der Waals surface area contributed by atoms with Gasteiger partial charge in [-0.15, -0.1) is 25.3 Å². The summed E-state index contributed by atoms with van der Waals surface area (Å²) in [4.78, 5) is 10.9. The van der Waals surface area contributed by atoms with Gasteiger partial charge < -0.3 is 5.11 Å². The van der Waals surface area contributed by atoms with Gasteiger partial charge >= 0.3 is 5.97 Å². The molecule has 0 aliphatic heterocycles. The Morgan fingerprint density at radius 2 is 1.50 bits per heavy atom. The fourth-order valence-electron chi connectivity index (χ4n) is 0.675. The molecule has 0 unspecified atom stereocenters. The van der Waals surface area contributed by atoms with E-state index in [-0.39, 0.29) is 0 Å². The zero-order valence-electron chi connectivity index (χ0n) is 7.25. The molecular weight excluding hydrogens is 296 g/mol. The van der Waals surface area contributed by atoms with E-state index in [1.807, 2.05) is 0 Å². The van der Waals surface area contributed by atoms with E-state index in [0.29, 0.717) is 6.42 Å². The highest BCUT2D eigenvalue weighted by atomic mass is 32.2. The van der Waals surface area contributed by atoms with Crippen LogP contribution >= 0.6 is 75.8 Å². The summed E-state index contributed by atoms with van der Waals surface area (Å²) in [7, 11) is 0. The SMILES string of the molecule is CCC(S)(S)C(S)(S)C(S)(S)C(=O)O. The van der Waals surface area contributed by atoms with Crippen LogP contribution in [0.4, 0.5) is 0 Å². The monoisotopic (exact) mass is 308 g/mol. The van der Waals surface area contributed by atoms with Crippen molar-refractivity contribution < 1.29 is 9.90 Å². The van der Waals surface area contributed by atoms with Crippen LogP contribution < -0.4 is 0 Å². The molecule has 0 radical (unpaired) electrons. The lowest BCUT2D eigenvalue weighted by molar-refractivity contribution is -0.137. The molecule has 84 valence electrons. The van der Waals surface area contributed by atoms with E-state index in [1.54, 1.807) is 6.92 Å². The summed E-state index contributed by atoms with van der Waals surface area (Å²) < 4.78 is -4.14. The third-order valence-electron chi connectivity index (χ3n) is 1.84. The molecule has 0 aromatic rings. The predicted molar refractivity (Wildman–Crippen MR) is 80.0 cm³/mol. The number of thiol groups is 6. The van der Waals surface area contributed by atoms with Gasteiger partial charge in [0.2, 0.25) is 0 Å². The average Bonchev–Trinajstić information content (AvgIpc) is 2.03. The van der Waals surface area contributed by atoms with Gasteiger partial charge in [0.05, 0.1) is 4.08 Å². The Kier molecular flexibility index (Phi) is 5.37. The van der Waals surface area contributed by atoms with Crippen LogP contribution in [0.25, 0.3) is 0 Å². The molecule has 8 heteroatoms. The van der Waals surface area contributed by atoms with Crippen molar-refractivity contribution in [3.63, 3.8) is 0 Å². The van der Waals surface area contributed by atoms with Crippen molar-refractivity contribution in [2.45, 2.75) is 25.6 Å². The van der Waals surface area contributed by atoms with Crippen molar-refractivity contribution in [3.8, 4) is 0 Å². The van der Waals surface area contributed by atoms with Gasteiger partial charge in [0.1, 0.15) is 4.08 Å². The molecule has 0 heterocycles. The van der Waals surface area contributed by atoms with Crippen LogP contribution in [0.15, 0.2) is 0 Å². The highest BCUT2D eigenvalue weighted by molar-refractivity contribution is 8.12. The smallest absolute Gasteiger partial charge is 0.332 e. The van der Waals surface area contributed by atoms with E-state index in [9.17, 15) is 4.79 Å². The molecule has 0 rings (SSSR count). The highest BCUT2D eigenvalue weighted by Gasteiger charge is 2.57. The van der Waals surface area contributed by atoms with Crippen LogP contribution in [-0.4, -0.2) is 23.3 Å². The maximum absolute atomic E-state index is 10.9. The maximum Gasteiger partial charge on any atom is 0.332 e. The molecule has 0 fully saturated rings. The minimum atomic E-state index is -1.74. The molecule has 0 bridgehead atoms. The van der Waals surface area contributed by atoms with Gasteiger partial charge in [-0.1, -0.05) is 6.92 Å². The molecular formula is C6H12O2S6. The molecule has 0 amide bonds. The highest BCUT2D eigenvalue weighted by Crippen LogP contribution is 2.54. The maximum atomic E-state index is 10.9. The quantitative estimate of drug-likeness (QED) is 0.321. The van der Waals surface area contributed by atoms with Gasteiger partial charge in [-0.2, -0.15) is 50.5 Å². The molecule has 0 atom stereocenters. The van der Waals surface area contributed by atoms with Gasteiger partial charge in [0.25, 0.3) is 0 Å². The van der Waals surface area contributed by atoms with E-state index in [4.69, 9.17) is 5.11 Å². The summed E-state index contributed by atoms with van der Waals surface area (Å²) in [5.41, 5.74) is 0. The van der Waals surface area contributed by atoms with Gasteiger partial charge in [-0.3, -0.25) is 0 Å². The number of hydrogen-bond donors (Lipinski definition) is 7. The van der Waals surface area contributed by atoms with Crippen molar-refractivity contribution in [3.05, 3.63) is 0 Å². The van der Waals surface area contributed by atoms with Crippen LogP contribution in [0.2, 0.25) is 0 Å². The van der Waals surface area contributed by atoms with Gasteiger partial charge in [-0.05, 0) is 6.42 Å². The first-order valence-corrected chi connectivity index (χ1v) is 6.26. The third kappa shape index (κ3) is 2.63. The fourth-order valence-corrected chi connectivity index (χ4v) is 2.25. The number of hydrogen-bond acceptors (Lipinski definition) is 7. The molecule has 0 aliphatic carbocycles. The summed E-state index contributed by atoms with van der Waals surface area (Å²) in [5.74, 6) is -1.24. The van der Waals surface area contributed by atoms with Crippen LogP contribution in [0.5, 0.6) is 0 Å². The molecule has 0 aromatic heterocycles. The minimum Gasteiger partial charge on any atom is -0.480 e. The first kappa shape index (κ1) is 15.6. The number of aliphatic carboxylic acids is 1. The van der Waals surface area contributed by atoms with Crippen molar-refractivity contribution in [2.24, 2.45) is 0 Å². The standard InChI is InChI=1S/C6H12O2S6/c1-2-4(9,10)6(13,14)5(11,12)3(7)8/h9-14H,2H2,1H3,(H,7,8). The van der Waals surface area contributed by atoms with E-state index in [0.717, 1.165) is 0 Å². The Bertz CT molecular complexity index is 236. The summed E-state index contributed by atoms with van der Waals surface area (Å²) in [5, 5.41) is 8.92. The van der Waals surface area contributed by atoms with E-state index < -0.39 is 18.2 Å². The Hall–Kier alpha value is 1.57. The lowest BCUT2D eigenvalue weighted by atomic mass is 10.1. The zero-order chi connectivity index (χ0) is 11.8. The van der Waals surface area contributed by atoms with E-state index in [2.05, 4.69) is 75.8 Å². The molecule has 14 heavy (non-hydrogen) atoms. The second kappa shape index (κ2) is 4.83. The predicted octanol–water partition coefficient (Wildman–Crippen LogP) is 2.15. The summed E-state index contributed by atoms with van der Waals surface area (Å²) in [6, 6.07) is 0. The van der Waals surface area contributed by atoms with Gasteiger partial charge in [0.15, 0.2) is 4.08 Å². The third-order valence-corrected chi connectivity index (χ3v) is 7.04. The van der Waals surface area contributed by atoms with E-state index >= 15 is 0 Å². The zero-order valence-corrected chi connectivity index (χ0v) is 12.6. The van der Waals surface area contributed by atoms with Crippen molar-refractivity contribution in [1.82, 2.24) is 0 Å². The number of rotatable bonds is 4. The fraction of sp³-hybridized carbons (Fsp3) is 0.833.